The smallest absolute Gasteiger partial charge is 0.783 e. The van der Waals surface area contributed by atoms with Crippen LogP contribution in [0.25, 0.3) is 0 Å². The summed E-state index contributed by atoms with van der Waals surface area (Å²) in [5.74, 6) is 0.384. The second-order valence-corrected chi connectivity index (χ2v) is 2.87. The maximum atomic E-state index is 11.0. The van der Waals surface area contributed by atoms with E-state index in [4.69, 9.17) is 0 Å². The first kappa shape index (κ1) is 11.8. The summed E-state index contributed by atoms with van der Waals surface area (Å²) in [7, 11) is 0. The molecule has 0 aliphatic carbocycles. The molecule has 58 valence electrons. The van der Waals surface area contributed by atoms with E-state index in [1.165, 1.54) is 6.42 Å². The Morgan fingerprint density at radius 2 is 1.82 bits per heavy atom. The molecule has 0 bridgehead atoms. The molecule has 0 N–H and O–H groups in total. The molecule has 1 aliphatic rings. The summed E-state index contributed by atoms with van der Waals surface area (Å²) < 4.78 is 0. The Morgan fingerprint density at radius 3 is 2.27 bits per heavy atom. The van der Waals surface area contributed by atoms with Crippen LogP contribution in [0, 0.1) is 0 Å². The Labute approximate surface area is 95.4 Å². The number of carbonyl (C=O) groups is 1. The zero-order valence-electron chi connectivity index (χ0n) is 7.01. The maximum absolute atomic E-state index is 11.0. The molecule has 1 fully saturated rings. The SMILES string of the molecule is O=C(C[S-])N1CCCCC1.[Na+]. The molecule has 0 spiro atoms. The largest absolute Gasteiger partial charge is 1.00 e. The standard InChI is InChI=1S/C7H13NOS.Na/c9-7(6-10)8-4-2-1-3-5-8;/h10H,1-6H2;/q;+1/p-1. The van der Waals surface area contributed by atoms with Gasteiger partial charge in [-0.15, -0.1) is 0 Å². The van der Waals surface area contributed by atoms with Crippen LogP contribution in [-0.2, 0) is 17.4 Å². The van der Waals surface area contributed by atoms with Crippen LogP contribution in [0.5, 0.6) is 0 Å². The van der Waals surface area contributed by atoms with E-state index in [0.29, 0.717) is 0 Å². The average molecular weight is 181 g/mol. The summed E-state index contributed by atoms with van der Waals surface area (Å²) in [5, 5.41) is 0. The number of nitrogens with zero attached hydrogens (tertiary/aromatic N) is 1. The Balaban J connectivity index is 0.000001000. The minimum absolute atomic E-state index is 0. The summed E-state index contributed by atoms with van der Waals surface area (Å²) in [6, 6.07) is 0. The number of hydrogen-bond acceptors (Lipinski definition) is 2. The van der Waals surface area contributed by atoms with Crippen molar-refractivity contribution >= 4 is 18.5 Å². The van der Waals surface area contributed by atoms with Crippen LogP contribution in [0.4, 0.5) is 0 Å². The van der Waals surface area contributed by atoms with E-state index in [0.717, 1.165) is 25.9 Å². The van der Waals surface area contributed by atoms with E-state index in [1.54, 1.807) is 0 Å². The van der Waals surface area contributed by atoms with E-state index in [-0.39, 0.29) is 41.2 Å². The van der Waals surface area contributed by atoms with Crippen molar-refractivity contribution in [2.24, 2.45) is 0 Å². The van der Waals surface area contributed by atoms with Gasteiger partial charge in [-0.05, 0) is 19.3 Å². The van der Waals surface area contributed by atoms with E-state index in [2.05, 4.69) is 12.6 Å². The van der Waals surface area contributed by atoms with E-state index < -0.39 is 0 Å². The Hall–Kier alpha value is 0.820. The molecule has 0 aromatic heterocycles. The first-order valence-electron chi connectivity index (χ1n) is 3.70. The molecule has 2 nitrogen and oxygen atoms in total. The summed E-state index contributed by atoms with van der Waals surface area (Å²) in [6.07, 6.45) is 3.57. The van der Waals surface area contributed by atoms with Gasteiger partial charge in [-0.25, -0.2) is 0 Å². The molecule has 0 aromatic rings. The van der Waals surface area contributed by atoms with Crippen LogP contribution >= 0.6 is 0 Å². The van der Waals surface area contributed by atoms with Gasteiger partial charge >= 0.3 is 29.6 Å². The van der Waals surface area contributed by atoms with Crippen molar-refractivity contribution in [3.63, 3.8) is 0 Å². The number of likely N-dealkylation sites (tertiary alicyclic amines) is 1. The van der Waals surface area contributed by atoms with Gasteiger partial charge in [0.25, 0.3) is 0 Å². The third-order valence-electron chi connectivity index (χ3n) is 1.83. The van der Waals surface area contributed by atoms with Crippen LogP contribution in [0.15, 0.2) is 0 Å². The molecular formula is C7H12NNaOS. The monoisotopic (exact) mass is 181 g/mol. The summed E-state index contributed by atoms with van der Waals surface area (Å²) in [4.78, 5) is 12.9. The van der Waals surface area contributed by atoms with Gasteiger partial charge in [-0.2, -0.15) is 0 Å². The normalized spacial score (nSPS) is 17.4. The molecule has 1 amide bonds. The fraction of sp³-hybridized carbons (Fsp3) is 0.857. The van der Waals surface area contributed by atoms with E-state index in [9.17, 15) is 4.79 Å². The van der Waals surface area contributed by atoms with Crippen molar-refractivity contribution in [2.45, 2.75) is 19.3 Å². The second kappa shape index (κ2) is 6.35. The predicted molar refractivity (Wildman–Crippen MR) is 42.7 cm³/mol. The maximum Gasteiger partial charge on any atom is 1.00 e. The van der Waals surface area contributed by atoms with E-state index >= 15 is 0 Å². The van der Waals surface area contributed by atoms with Crippen LogP contribution in [0.3, 0.4) is 0 Å². The molecule has 0 aromatic carbocycles. The minimum Gasteiger partial charge on any atom is -0.783 e. The predicted octanol–water partition coefficient (Wildman–Crippen LogP) is -2.45. The van der Waals surface area contributed by atoms with Gasteiger partial charge in [0, 0.05) is 13.1 Å². The Kier molecular flexibility index (Phi) is 6.82. The number of hydrogen-bond donors (Lipinski definition) is 0. The zero-order valence-corrected chi connectivity index (χ0v) is 9.82. The quantitative estimate of drug-likeness (QED) is 0.331. The number of rotatable bonds is 1. The third kappa shape index (κ3) is 3.83. The van der Waals surface area contributed by atoms with Crippen LogP contribution in [-0.4, -0.2) is 29.6 Å². The molecule has 0 radical (unpaired) electrons. The fourth-order valence-corrected chi connectivity index (χ4v) is 1.42. The molecule has 1 rings (SSSR count). The number of piperidine rings is 1. The van der Waals surface area contributed by atoms with Crippen molar-refractivity contribution in [3.05, 3.63) is 0 Å². The molecule has 0 saturated carbocycles. The third-order valence-corrected chi connectivity index (χ3v) is 2.08. The molecule has 11 heavy (non-hydrogen) atoms. The van der Waals surface area contributed by atoms with Crippen molar-refractivity contribution in [1.82, 2.24) is 4.90 Å². The van der Waals surface area contributed by atoms with Crippen molar-refractivity contribution in [1.29, 1.82) is 0 Å². The second-order valence-electron chi connectivity index (χ2n) is 2.59. The summed E-state index contributed by atoms with van der Waals surface area (Å²) in [6.45, 7) is 1.85. The van der Waals surface area contributed by atoms with Gasteiger partial charge in [0.05, 0.1) is 0 Å². The Morgan fingerprint density at radius 1 is 1.27 bits per heavy atom. The first-order chi connectivity index (χ1) is 4.84. The molecule has 1 aliphatic heterocycles. The summed E-state index contributed by atoms with van der Waals surface area (Å²) >= 11 is 4.66. The molecule has 0 unspecified atom stereocenters. The average Bonchev–Trinajstić information content (AvgIpc) is 2.05. The topological polar surface area (TPSA) is 20.3 Å². The van der Waals surface area contributed by atoms with Crippen LogP contribution in [0.2, 0.25) is 0 Å². The molecule has 1 saturated heterocycles. The number of amides is 1. The number of carbonyl (C=O) groups excluding carboxylic acids is 1. The molecule has 1 heterocycles. The van der Waals surface area contributed by atoms with Gasteiger partial charge in [0.2, 0.25) is 0 Å². The van der Waals surface area contributed by atoms with E-state index in [1.807, 2.05) is 4.90 Å². The van der Waals surface area contributed by atoms with Crippen LogP contribution in [0.1, 0.15) is 19.3 Å². The summed E-state index contributed by atoms with van der Waals surface area (Å²) in [5.41, 5.74) is 0. The fourth-order valence-electron chi connectivity index (χ4n) is 1.23. The zero-order chi connectivity index (χ0) is 7.40. The van der Waals surface area contributed by atoms with Crippen molar-refractivity contribution < 1.29 is 34.4 Å². The van der Waals surface area contributed by atoms with Gasteiger partial charge in [0.1, 0.15) is 0 Å². The Bertz CT molecular complexity index is 126. The van der Waals surface area contributed by atoms with Crippen molar-refractivity contribution in [2.75, 3.05) is 18.8 Å². The van der Waals surface area contributed by atoms with Gasteiger partial charge in [0.15, 0.2) is 5.91 Å². The minimum atomic E-state index is 0. The van der Waals surface area contributed by atoms with Crippen molar-refractivity contribution in [3.8, 4) is 0 Å². The van der Waals surface area contributed by atoms with Gasteiger partial charge in [-0.1, -0.05) is 5.75 Å². The van der Waals surface area contributed by atoms with Gasteiger partial charge < -0.3 is 17.5 Å². The molecule has 4 heteroatoms. The first-order valence-corrected chi connectivity index (χ1v) is 4.28. The van der Waals surface area contributed by atoms with Gasteiger partial charge in [-0.3, -0.25) is 4.79 Å². The molecular weight excluding hydrogens is 169 g/mol. The van der Waals surface area contributed by atoms with Crippen LogP contribution < -0.4 is 29.6 Å². The molecule has 0 atom stereocenters.